The zero-order valence-corrected chi connectivity index (χ0v) is 10.3. The van der Waals surface area contributed by atoms with Crippen LogP contribution in [-0.2, 0) is 10.0 Å². The molecule has 0 bridgehead atoms. The van der Waals surface area contributed by atoms with Crippen LogP contribution in [0.5, 0.6) is 0 Å². The lowest BCUT2D eigenvalue weighted by atomic mass is 10.3. The van der Waals surface area contributed by atoms with Crippen molar-refractivity contribution in [2.45, 2.75) is 18.6 Å². The van der Waals surface area contributed by atoms with E-state index in [1.165, 1.54) is 18.3 Å². The number of nitrogens with zero attached hydrogens (tertiary/aromatic N) is 2. The smallest absolute Gasteiger partial charge is 0.339 e. The Morgan fingerprint density at radius 3 is 2.83 bits per heavy atom. The normalized spacial score (nSPS) is 12.4. The zero-order valence-electron chi connectivity index (χ0n) is 9.49. The maximum absolute atomic E-state index is 11.8. The number of aromatic carboxylic acids is 1. The fraction of sp³-hybridized carbons (Fsp3) is 0.300. The number of nitriles is 1. The molecule has 0 aliphatic rings. The van der Waals surface area contributed by atoms with Crippen LogP contribution in [0.1, 0.15) is 23.7 Å². The number of nitrogens with one attached hydrogen (secondary N) is 1. The van der Waals surface area contributed by atoms with E-state index < -0.39 is 21.2 Å². The number of hydrogen-bond acceptors (Lipinski definition) is 5. The third kappa shape index (κ3) is 2.95. The molecule has 1 aromatic rings. The van der Waals surface area contributed by atoms with Crippen LogP contribution < -0.4 is 4.72 Å². The van der Waals surface area contributed by atoms with Crippen molar-refractivity contribution in [2.75, 3.05) is 4.72 Å². The van der Waals surface area contributed by atoms with Gasteiger partial charge < -0.3 is 5.11 Å². The molecule has 0 aliphatic carbocycles. The van der Waals surface area contributed by atoms with Crippen molar-refractivity contribution < 1.29 is 18.3 Å². The first-order valence-electron chi connectivity index (χ1n) is 5.02. The molecule has 96 valence electrons. The summed E-state index contributed by atoms with van der Waals surface area (Å²) in [5.74, 6) is -1.59. The molecule has 0 spiro atoms. The molecule has 0 fully saturated rings. The molecule has 0 saturated heterocycles. The summed E-state index contributed by atoms with van der Waals surface area (Å²) in [5, 5.41) is 16.3. The highest BCUT2D eigenvalue weighted by Crippen LogP contribution is 2.15. The first-order valence-corrected chi connectivity index (χ1v) is 6.56. The van der Waals surface area contributed by atoms with Gasteiger partial charge in [-0.1, -0.05) is 6.92 Å². The van der Waals surface area contributed by atoms with Crippen molar-refractivity contribution in [3.8, 4) is 6.07 Å². The number of hydrogen-bond donors (Lipinski definition) is 2. The molecule has 0 aliphatic heterocycles. The van der Waals surface area contributed by atoms with Gasteiger partial charge in [-0.05, 0) is 18.6 Å². The summed E-state index contributed by atoms with van der Waals surface area (Å²) in [7, 11) is -3.97. The molecule has 1 heterocycles. The number of carboxylic acids is 1. The molecule has 2 N–H and O–H groups in total. The Kier molecular flexibility index (Phi) is 4.23. The summed E-state index contributed by atoms with van der Waals surface area (Å²) in [5.41, 5.74) is -0.270. The first kappa shape index (κ1) is 13.9. The van der Waals surface area contributed by atoms with Crippen LogP contribution in [0.15, 0.2) is 18.3 Å². The van der Waals surface area contributed by atoms with Crippen LogP contribution in [0, 0.1) is 11.3 Å². The lowest BCUT2D eigenvalue weighted by Crippen LogP contribution is -2.27. The van der Waals surface area contributed by atoms with Crippen LogP contribution in [0.4, 0.5) is 5.82 Å². The van der Waals surface area contributed by atoms with Gasteiger partial charge in [-0.3, -0.25) is 4.72 Å². The Balaban J connectivity index is 3.13. The van der Waals surface area contributed by atoms with Gasteiger partial charge in [0.2, 0.25) is 10.0 Å². The molecule has 18 heavy (non-hydrogen) atoms. The van der Waals surface area contributed by atoms with Gasteiger partial charge in [0, 0.05) is 6.20 Å². The molecule has 7 nitrogen and oxygen atoms in total. The minimum absolute atomic E-state index is 0.0983. The molecule has 1 atom stereocenters. The van der Waals surface area contributed by atoms with E-state index in [0.29, 0.717) is 0 Å². The Hall–Kier alpha value is -2.14. The van der Waals surface area contributed by atoms with Gasteiger partial charge in [-0.25, -0.2) is 18.2 Å². The second-order valence-corrected chi connectivity index (χ2v) is 5.24. The second kappa shape index (κ2) is 5.46. The largest absolute Gasteiger partial charge is 0.478 e. The fourth-order valence-corrected chi connectivity index (χ4v) is 2.40. The summed E-state index contributed by atoms with van der Waals surface area (Å²) in [6.45, 7) is 1.55. The summed E-state index contributed by atoms with van der Waals surface area (Å²) in [6, 6.07) is 4.24. The van der Waals surface area contributed by atoms with Crippen molar-refractivity contribution in [2.24, 2.45) is 0 Å². The lowest BCUT2D eigenvalue weighted by molar-refractivity contribution is 0.0697. The standard InChI is InChI=1S/C10H11N3O4S/c1-2-7(6-11)18(16,17)13-9-8(10(14)15)4-3-5-12-9/h3-5,7H,2H2,1H3,(H,12,13)(H,14,15). The van der Waals surface area contributed by atoms with Crippen molar-refractivity contribution in [1.29, 1.82) is 5.26 Å². The van der Waals surface area contributed by atoms with Gasteiger partial charge in [-0.15, -0.1) is 0 Å². The topological polar surface area (TPSA) is 120 Å². The number of pyridine rings is 1. The molecular formula is C10H11N3O4S. The average Bonchev–Trinajstić information content (AvgIpc) is 2.29. The van der Waals surface area contributed by atoms with E-state index in [-0.39, 0.29) is 17.8 Å². The third-order valence-electron chi connectivity index (χ3n) is 2.17. The average molecular weight is 269 g/mol. The quantitative estimate of drug-likeness (QED) is 0.816. The minimum Gasteiger partial charge on any atom is -0.478 e. The molecule has 0 radical (unpaired) electrons. The molecule has 1 rings (SSSR count). The van der Waals surface area contributed by atoms with Gasteiger partial charge in [0.1, 0.15) is 5.56 Å². The van der Waals surface area contributed by atoms with Gasteiger partial charge >= 0.3 is 5.97 Å². The number of sulfonamides is 1. The summed E-state index contributed by atoms with van der Waals surface area (Å²) in [6.07, 6.45) is 1.36. The van der Waals surface area contributed by atoms with Gasteiger partial charge in [-0.2, -0.15) is 5.26 Å². The SMILES string of the molecule is CCC(C#N)S(=O)(=O)Nc1ncccc1C(=O)O. The van der Waals surface area contributed by atoms with E-state index in [1.807, 2.05) is 4.72 Å². The Morgan fingerprint density at radius 1 is 1.67 bits per heavy atom. The first-order chi connectivity index (χ1) is 8.42. The summed E-state index contributed by atoms with van der Waals surface area (Å²) < 4.78 is 25.6. The molecule has 1 unspecified atom stereocenters. The van der Waals surface area contributed by atoms with Crippen molar-refractivity contribution in [3.63, 3.8) is 0 Å². The van der Waals surface area contributed by atoms with Gasteiger partial charge in [0.15, 0.2) is 11.1 Å². The molecule has 8 heteroatoms. The molecule has 1 aromatic heterocycles. The Morgan fingerprint density at radius 2 is 2.33 bits per heavy atom. The van der Waals surface area contributed by atoms with E-state index in [2.05, 4.69) is 4.98 Å². The number of anilines is 1. The van der Waals surface area contributed by atoms with Crippen LogP contribution in [0.2, 0.25) is 0 Å². The number of carboxylic acid groups (broad SMARTS) is 1. The second-order valence-electron chi connectivity index (χ2n) is 3.38. The van der Waals surface area contributed by atoms with E-state index >= 15 is 0 Å². The van der Waals surface area contributed by atoms with Crippen LogP contribution in [-0.4, -0.2) is 29.7 Å². The predicted molar refractivity (Wildman–Crippen MR) is 63.4 cm³/mol. The minimum atomic E-state index is -3.97. The Bertz CT molecular complexity index is 591. The number of carbonyl (C=O) groups is 1. The molecule has 0 saturated carbocycles. The molecule has 0 aromatic carbocycles. The van der Waals surface area contributed by atoms with Gasteiger partial charge in [0.05, 0.1) is 6.07 Å². The van der Waals surface area contributed by atoms with Crippen LogP contribution in [0.3, 0.4) is 0 Å². The predicted octanol–water partition coefficient (Wildman–Crippen LogP) is 0.824. The highest BCUT2D eigenvalue weighted by atomic mass is 32.2. The number of rotatable bonds is 5. The van der Waals surface area contributed by atoms with Gasteiger partial charge in [0.25, 0.3) is 0 Å². The zero-order chi connectivity index (χ0) is 13.8. The van der Waals surface area contributed by atoms with E-state index in [1.54, 1.807) is 13.0 Å². The van der Waals surface area contributed by atoms with E-state index in [0.717, 1.165) is 0 Å². The Labute approximate surface area is 104 Å². The fourth-order valence-electron chi connectivity index (χ4n) is 1.25. The molecule has 0 amide bonds. The highest BCUT2D eigenvalue weighted by Gasteiger charge is 2.25. The van der Waals surface area contributed by atoms with E-state index in [9.17, 15) is 13.2 Å². The van der Waals surface area contributed by atoms with Crippen molar-refractivity contribution in [1.82, 2.24) is 4.98 Å². The summed E-state index contributed by atoms with van der Waals surface area (Å²) in [4.78, 5) is 14.5. The van der Waals surface area contributed by atoms with Crippen molar-refractivity contribution in [3.05, 3.63) is 23.9 Å². The monoisotopic (exact) mass is 269 g/mol. The summed E-state index contributed by atoms with van der Waals surface area (Å²) >= 11 is 0. The highest BCUT2D eigenvalue weighted by molar-refractivity contribution is 7.93. The third-order valence-corrected chi connectivity index (χ3v) is 3.83. The molecular weight excluding hydrogens is 258 g/mol. The maximum atomic E-state index is 11.8. The van der Waals surface area contributed by atoms with E-state index in [4.69, 9.17) is 10.4 Å². The lowest BCUT2D eigenvalue weighted by Gasteiger charge is -2.11. The van der Waals surface area contributed by atoms with Crippen LogP contribution in [0.25, 0.3) is 0 Å². The van der Waals surface area contributed by atoms with Crippen LogP contribution >= 0.6 is 0 Å². The number of aromatic nitrogens is 1. The van der Waals surface area contributed by atoms with Crippen molar-refractivity contribution >= 4 is 21.8 Å². The maximum Gasteiger partial charge on any atom is 0.339 e.